The van der Waals surface area contributed by atoms with E-state index in [1.54, 1.807) is 20.9 Å². The summed E-state index contributed by atoms with van der Waals surface area (Å²) in [4.78, 5) is 3.97. The number of aliphatic hydroxyl groups excluding tert-OH is 1. The highest BCUT2D eigenvalue weighted by atomic mass is 35.5. The number of rotatable bonds is 6. The first kappa shape index (κ1) is 16.2. The third kappa shape index (κ3) is 3.56. The van der Waals surface area contributed by atoms with E-state index < -0.39 is 10.0 Å². The van der Waals surface area contributed by atoms with E-state index in [1.807, 2.05) is 0 Å². The lowest BCUT2D eigenvalue weighted by Gasteiger charge is -2.25. The van der Waals surface area contributed by atoms with Crippen LogP contribution in [0.2, 0.25) is 5.02 Å². The van der Waals surface area contributed by atoms with Crippen LogP contribution in [0, 0.1) is 0 Å². The van der Waals surface area contributed by atoms with Gasteiger partial charge in [-0.05, 0) is 19.9 Å². The van der Waals surface area contributed by atoms with E-state index in [-0.39, 0.29) is 29.1 Å². The summed E-state index contributed by atoms with van der Waals surface area (Å²) >= 11 is 5.94. The molecule has 0 unspecified atom stereocenters. The van der Waals surface area contributed by atoms with Gasteiger partial charge < -0.3 is 10.4 Å². The van der Waals surface area contributed by atoms with Gasteiger partial charge in [0.15, 0.2) is 0 Å². The molecule has 0 spiro atoms. The first-order valence-electron chi connectivity index (χ1n) is 5.80. The molecule has 19 heavy (non-hydrogen) atoms. The molecule has 1 aromatic rings. The molecule has 0 amide bonds. The molecule has 0 aliphatic heterocycles. The van der Waals surface area contributed by atoms with Gasteiger partial charge in [0.05, 0.1) is 11.6 Å². The number of nitrogens with one attached hydrogen (secondary N) is 1. The summed E-state index contributed by atoms with van der Waals surface area (Å²) in [5, 5.41) is 12.0. The highest BCUT2D eigenvalue weighted by Gasteiger charge is 2.27. The zero-order chi connectivity index (χ0) is 14.6. The minimum Gasteiger partial charge on any atom is -0.395 e. The Balaban J connectivity index is 3.22. The highest BCUT2D eigenvalue weighted by Crippen LogP contribution is 2.24. The molecule has 8 heteroatoms. The summed E-state index contributed by atoms with van der Waals surface area (Å²) in [5.74, 6) is 0.416. The maximum Gasteiger partial charge on any atom is 0.244 e. The van der Waals surface area contributed by atoms with E-state index in [2.05, 4.69) is 10.3 Å². The summed E-state index contributed by atoms with van der Waals surface area (Å²) in [6.45, 7) is 3.27. The van der Waals surface area contributed by atoms with Crippen molar-refractivity contribution < 1.29 is 13.5 Å². The summed E-state index contributed by atoms with van der Waals surface area (Å²) in [6, 6.07) is 1.09. The van der Waals surface area contributed by atoms with Gasteiger partial charge in [0.2, 0.25) is 10.0 Å². The second kappa shape index (κ2) is 6.51. The first-order valence-corrected chi connectivity index (χ1v) is 7.62. The van der Waals surface area contributed by atoms with E-state index in [0.29, 0.717) is 5.82 Å². The van der Waals surface area contributed by atoms with Crippen LogP contribution in [0.3, 0.4) is 0 Å². The normalized spacial score (nSPS) is 12.2. The van der Waals surface area contributed by atoms with E-state index in [0.717, 1.165) is 0 Å². The van der Waals surface area contributed by atoms with Gasteiger partial charge in [-0.25, -0.2) is 13.4 Å². The zero-order valence-corrected chi connectivity index (χ0v) is 12.7. The molecule has 1 aromatic heterocycles. The van der Waals surface area contributed by atoms with Gasteiger partial charge in [-0.2, -0.15) is 4.31 Å². The molecule has 0 aromatic carbocycles. The molecule has 6 nitrogen and oxygen atoms in total. The number of nitrogens with zero attached hydrogens (tertiary/aromatic N) is 2. The van der Waals surface area contributed by atoms with E-state index in [4.69, 9.17) is 16.7 Å². The molecular weight excluding hydrogens is 290 g/mol. The van der Waals surface area contributed by atoms with Crippen LogP contribution in [-0.4, -0.2) is 49.1 Å². The Morgan fingerprint density at radius 2 is 2.16 bits per heavy atom. The number of hydrogen-bond donors (Lipinski definition) is 2. The molecule has 0 radical (unpaired) electrons. The molecule has 0 saturated carbocycles. The number of sulfonamides is 1. The van der Waals surface area contributed by atoms with E-state index in [1.165, 1.54) is 16.6 Å². The topological polar surface area (TPSA) is 82.5 Å². The Hall–Kier alpha value is -0.890. The summed E-state index contributed by atoms with van der Waals surface area (Å²) in [7, 11) is -2.06. The van der Waals surface area contributed by atoms with Crippen molar-refractivity contribution in [1.82, 2.24) is 9.29 Å². The molecule has 0 saturated heterocycles. The monoisotopic (exact) mass is 307 g/mol. The van der Waals surface area contributed by atoms with Crippen molar-refractivity contribution in [1.29, 1.82) is 0 Å². The molecule has 108 valence electrons. The number of pyridine rings is 1. The predicted molar refractivity (Wildman–Crippen MR) is 74.9 cm³/mol. The van der Waals surface area contributed by atoms with Crippen LogP contribution in [-0.2, 0) is 10.0 Å². The number of aliphatic hydroxyl groups is 1. The quantitative estimate of drug-likeness (QED) is 0.824. The lowest BCUT2D eigenvalue weighted by molar-refractivity contribution is 0.236. The average Bonchev–Trinajstić information content (AvgIpc) is 2.35. The third-order valence-electron chi connectivity index (χ3n) is 2.56. The molecule has 0 aliphatic carbocycles. The van der Waals surface area contributed by atoms with Crippen molar-refractivity contribution in [3.05, 3.63) is 17.3 Å². The SMILES string of the molecule is CNc1ncc(S(=O)(=O)N(CCO)C(C)C)cc1Cl. The number of hydrogen-bond acceptors (Lipinski definition) is 5. The van der Waals surface area contributed by atoms with E-state index >= 15 is 0 Å². The van der Waals surface area contributed by atoms with Crippen LogP contribution in [0.25, 0.3) is 0 Å². The second-order valence-corrected chi connectivity index (χ2v) is 6.48. The Bertz CT molecular complexity index is 534. The van der Waals surface area contributed by atoms with Crippen molar-refractivity contribution in [2.75, 3.05) is 25.5 Å². The van der Waals surface area contributed by atoms with Crippen LogP contribution in [0.15, 0.2) is 17.2 Å². The second-order valence-electron chi connectivity index (χ2n) is 4.18. The van der Waals surface area contributed by atoms with Crippen molar-refractivity contribution >= 4 is 27.4 Å². The van der Waals surface area contributed by atoms with Crippen LogP contribution < -0.4 is 5.32 Å². The van der Waals surface area contributed by atoms with Crippen molar-refractivity contribution in [2.24, 2.45) is 0 Å². The third-order valence-corrected chi connectivity index (χ3v) is 4.88. The molecule has 0 fully saturated rings. The molecule has 1 heterocycles. The molecule has 2 N–H and O–H groups in total. The molecule has 0 atom stereocenters. The zero-order valence-electron chi connectivity index (χ0n) is 11.1. The first-order chi connectivity index (χ1) is 8.84. The fraction of sp³-hybridized carbons (Fsp3) is 0.545. The Morgan fingerprint density at radius 1 is 1.53 bits per heavy atom. The molecule has 0 bridgehead atoms. The van der Waals surface area contributed by atoms with Crippen molar-refractivity contribution in [3.8, 4) is 0 Å². The smallest absolute Gasteiger partial charge is 0.244 e. The van der Waals surface area contributed by atoms with Gasteiger partial charge in [0.1, 0.15) is 10.7 Å². The summed E-state index contributed by atoms with van der Waals surface area (Å²) in [6.07, 6.45) is 1.25. The molecular formula is C11H18ClN3O3S. The fourth-order valence-electron chi connectivity index (χ4n) is 1.64. The Morgan fingerprint density at radius 3 is 2.58 bits per heavy atom. The van der Waals surface area contributed by atoms with E-state index in [9.17, 15) is 8.42 Å². The molecule has 1 rings (SSSR count). The largest absolute Gasteiger partial charge is 0.395 e. The number of aromatic nitrogens is 1. The highest BCUT2D eigenvalue weighted by molar-refractivity contribution is 7.89. The van der Waals surface area contributed by atoms with Gasteiger partial charge in [-0.15, -0.1) is 0 Å². The Kier molecular flexibility index (Phi) is 5.54. The summed E-state index contributed by atoms with van der Waals surface area (Å²) in [5.41, 5.74) is 0. The van der Waals surface area contributed by atoms with Gasteiger partial charge >= 0.3 is 0 Å². The van der Waals surface area contributed by atoms with Crippen molar-refractivity contribution in [2.45, 2.75) is 24.8 Å². The van der Waals surface area contributed by atoms with Gasteiger partial charge in [-0.3, -0.25) is 0 Å². The van der Waals surface area contributed by atoms with Crippen LogP contribution in [0.4, 0.5) is 5.82 Å². The van der Waals surface area contributed by atoms with Crippen LogP contribution in [0.5, 0.6) is 0 Å². The minimum atomic E-state index is -3.71. The standard InChI is InChI=1S/C11H18ClN3O3S/c1-8(2)15(4-5-16)19(17,18)9-6-10(12)11(13-3)14-7-9/h6-8,16H,4-5H2,1-3H3,(H,13,14). The van der Waals surface area contributed by atoms with Crippen LogP contribution in [0.1, 0.15) is 13.8 Å². The predicted octanol–water partition coefficient (Wildman–Crippen LogP) is 1.17. The van der Waals surface area contributed by atoms with Gasteiger partial charge in [0, 0.05) is 25.8 Å². The van der Waals surface area contributed by atoms with Gasteiger partial charge in [-0.1, -0.05) is 11.6 Å². The maximum absolute atomic E-state index is 12.4. The average molecular weight is 308 g/mol. The number of anilines is 1. The molecule has 0 aliphatic rings. The number of halogens is 1. The van der Waals surface area contributed by atoms with Crippen LogP contribution >= 0.6 is 11.6 Å². The van der Waals surface area contributed by atoms with Gasteiger partial charge in [0.25, 0.3) is 0 Å². The van der Waals surface area contributed by atoms with Crippen molar-refractivity contribution in [3.63, 3.8) is 0 Å². The Labute approximate surface area is 118 Å². The lowest BCUT2D eigenvalue weighted by atomic mass is 10.4. The fourth-order valence-corrected chi connectivity index (χ4v) is 3.56. The summed E-state index contributed by atoms with van der Waals surface area (Å²) < 4.78 is 26.0. The lowest BCUT2D eigenvalue weighted by Crippen LogP contribution is -2.39. The maximum atomic E-state index is 12.4. The minimum absolute atomic E-state index is 0.0126.